The third-order valence-corrected chi connectivity index (χ3v) is 4.40. The van der Waals surface area contributed by atoms with Gasteiger partial charge in [-0.1, -0.05) is 40.2 Å². The van der Waals surface area contributed by atoms with E-state index in [0.29, 0.717) is 11.1 Å². The first kappa shape index (κ1) is 18.1. The fourth-order valence-corrected chi connectivity index (χ4v) is 2.47. The van der Waals surface area contributed by atoms with Crippen LogP contribution in [0.5, 0.6) is 0 Å². The highest BCUT2D eigenvalue weighted by molar-refractivity contribution is 9.10. The molecule has 0 aromatic heterocycles. The minimum atomic E-state index is -0.358. The number of nitrogens with one attached hydrogen (secondary N) is 3. The molecular weight excluding hydrogens is 390 g/mol. The molecule has 0 aliphatic carbocycles. The normalized spacial score (nSPS) is 9.96. The number of amides is 2. The largest absolute Gasteiger partial charge is 0.298 e. The van der Waals surface area contributed by atoms with E-state index in [1.807, 2.05) is 32.0 Å². The standard InChI is InChI=1S/C17H16BrN3O2S/c1-10-5-3-4-6-13(10)16(23)19-17(24)21-20-15(22)12-8-7-11(2)14(18)9-12/h3-9H,1-2H3,(H,20,22)(H2,19,21,23,24). The zero-order valence-electron chi connectivity index (χ0n) is 13.1. The van der Waals surface area contributed by atoms with Gasteiger partial charge in [-0.15, -0.1) is 0 Å². The van der Waals surface area contributed by atoms with Crippen LogP contribution in [0.3, 0.4) is 0 Å². The zero-order valence-corrected chi connectivity index (χ0v) is 15.5. The molecular formula is C17H16BrN3O2S. The lowest BCUT2D eigenvalue weighted by Crippen LogP contribution is -2.48. The summed E-state index contributed by atoms with van der Waals surface area (Å²) < 4.78 is 0.839. The van der Waals surface area contributed by atoms with E-state index in [1.54, 1.807) is 24.3 Å². The van der Waals surface area contributed by atoms with Crippen LogP contribution in [0.15, 0.2) is 46.9 Å². The van der Waals surface area contributed by atoms with Crippen LogP contribution in [-0.2, 0) is 0 Å². The second kappa shape index (κ2) is 8.03. The average Bonchev–Trinajstić information content (AvgIpc) is 2.55. The van der Waals surface area contributed by atoms with Gasteiger partial charge in [0.05, 0.1) is 0 Å². The van der Waals surface area contributed by atoms with E-state index in [0.717, 1.165) is 15.6 Å². The molecule has 0 atom stereocenters. The van der Waals surface area contributed by atoms with Crippen molar-refractivity contribution in [2.24, 2.45) is 0 Å². The van der Waals surface area contributed by atoms with Gasteiger partial charge >= 0.3 is 0 Å². The molecule has 2 rings (SSSR count). The molecule has 0 aliphatic rings. The number of aryl methyl sites for hydroxylation is 2. The maximum atomic E-state index is 12.1. The van der Waals surface area contributed by atoms with Crippen molar-refractivity contribution >= 4 is 45.1 Å². The SMILES string of the molecule is Cc1ccc(C(=O)NNC(=S)NC(=O)c2ccccc2C)cc1Br. The van der Waals surface area contributed by atoms with Crippen LogP contribution in [0.2, 0.25) is 0 Å². The molecule has 2 aromatic carbocycles. The summed E-state index contributed by atoms with van der Waals surface area (Å²) in [5.41, 5.74) is 7.83. The second-order valence-corrected chi connectivity index (χ2v) is 6.40. The number of hydrogen-bond acceptors (Lipinski definition) is 3. The maximum absolute atomic E-state index is 12.1. The maximum Gasteiger partial charge on any atom is 0.269 e. The van der Waals surface area contributed by atoms with Gasteiger partial charge in [-0.05, 0) is 55.4 Å². The Balaban J connectivity index is 1.91. The Bertz CT molecular complexity index is 808. The number of carbonyl (C=O) groups is 2. The van der Waals surface area contributed by atoms with Crippen molar-refractivity contribution in [3.63, 3.8) is 0 Å². The van der Waals surface area contributed by atoms with Crippen molar-refractivity contribution in [2.75, 3.05) is 0 Å². The quantitative estimate of drug-likeness (QED) is 0.530. The van der Waals surface area contributed by atoms with Gasteiger partial charge in [0, 0.05) is 15.6 Å². The Hall–Kier alpha value is -2.25. The van der Waals surface area contributed by atoms with Crippen molar-refractivity contribution < 1.29 is 9.59 Å². The van der Waals surface area contributed by atoms with Gasteiger partial charge in [0.15, 0.2) is 5.11 Å². The molecule has 0 spiro atoms. The van der Waals surface area contributed by atoms with E-state index in [1.165, 1.54) is 0 Å². The molecule has 0 saturated heterocycles. The molecule has 3 N–H and O–H groups in total. The molecule has 0 aliphatic heterocycles. The number of halogens is 1. The van der Waals surface area contributed by atoms with Crippen molar-refractivity contribution in [3.8, 4) is 0 Å². The molecule has 24 heavy (non-hydrogen) atoms. The molecule has 0 bridgehead atoms. The van der Waals surface area contributed by atoms with Crippen LogP contribution < -0.4 is 16.2 Å². The minimum absolute atomic E-state index is 0.0165. The Labute approximate surface area is 153 Å². The summed E-state index contributed by atoms with van der Waals surface area (Å²) in [4.78, 5) is 24.2. The molecule has 0 radical (unpaired) electrons. The molecule has 124 valence electrons. The van der Waals surface area contributed by atoms with Gasteiger partial charge < -0.3 is 0 Å². The topological polar surface area (TPSA) is 70.2 Å². The van der Waals surface area contributed by atoms with E-state index in [4.69, 9.17) is 12.2 Å². The van der Waals surface area contributed by atoms with Crippen LogP contribution >= 0.6 is 28.1 Å². The first-order valence-electron chi connectivity index (χ1n) is 7.12. The summed E-state index contributed by atoms with van der Waals surface area (Å²) in [6, 6.07) is 12.4. The fraction of sp³-hybridized carbons (Fsp3) is 0.118. The smallest absolute Gasteiger partial charge is 0.269 e. The van der Waals surface area contributed by atoms with E-state index < -0.39 is 0 Å². The predicted molar refractivity (Wildman–Crippen MR) is 101 cm³/mol. The van der Waals surface area contributed by atoms with Crippen molar-refractivity contribution in [2.45, 2.75) is 13.8 Å². The lowest BCUT2D eigenvalue weighted by Gasteiger charge is -2.12. The van der Waals surface area contributed by atoms with Gasteiger partial charge in [-0.2, -0.15) is 0 Å². The third kappa shape index (κ3) is 4.62. The first-order chi connectivity index (χ1) is 11.4. The summed E-state index contributed by atoms with van der Waals surface area (Å²) in [5.74, 6) is -0.693. The van der Waals surface area contributed by atoms with Crippen LogP contribution in [-0.4, -0.2) is 16.9 Å². The van der Waals surface area contributed by atoms with Crippen molar-refractivity contribution in [1.29, 1.82) is 0 Å². The Kier molecular flexibility index (Phi) is 6.05. The van der Waals surface area contributed by atoms with E-state index in [9.17, 15) is 9.59 Å². The molecule has 0 heterocycles. The number of rotatable bonds is 2. The lowest BCUT2D eigenvalue weighted by atomic mass is 10.1. The van der Waals surface area contributed by atoms with Gasteiger partial charge in [0.1, 0.15) is 0 Å². The van der Waals surface area contributed by atoms with Crippen molar-refractivity contribution in [3.05, 3.63) is 69.2 Å². The molecule has 0 unspecified atom stereocenters. The zero-order chi connectivity index (χ0) is 17.7. The summed E-state index contributed by atoms with van der Waals surface area (Å²) in [6.45, 7) is 3.77. The Morgan fingerprint density at radius 3 is 2.33 bits per heavy atom. The highest BCUT2D eigenvalue weighted by Crippen LogP contribution is 2.17. The van der Waals surface area contributed by atoms with Crippen LogP contribution in [0.25, 0.3) is 0 Å². The van der Waals surface area contributed by atoms with Crippen molar-refractivity contribution in [1.82, 2.24) is 16.2 Å². The molecule has 5 nitrogen and oxygen atoms in total. The lowest BCUT2D eigenvalue weighted by molar-refractivity contribution is 0.0934. The molecule has 7 heteroatoms. The van der Waals surface area contributed by atoms with Crippen LogP contribution in [0.1, 0.15) is 31.8 Å². The summed E-state index contributed by atoms with van der Waals surface area (Å²) in [6.07, 6.45) is 0. The number of hydrogen-bond donors (Lipinski definition) is 3. The third-order valence-electron chi connectivity index (χ3n) is 3.34. The highest BCUT2D eigenvalue weighted by Gasteiger charge is 2.11. The number of carbonyl (C=O) groups excluding carboxylic acids is 2. The van der Waals surface area contributed by atoms with E-state index in [2.05, 4.69) is 32.1 Å². The van der Waals surface area contributed by atoms with Gasteiger partial charge in [-0.3, -0.25) is 25.8 Å². The fourth-order valence-electron chi connectivity index (χ4n) is 1.95. The van der Waals surface area contributed by atoms with E-state index >= 15 is 0 Å². The second-order valence-electron chi connectivity index (χ2n) is 5.14. The van der Waals surface area contributed by atoms with Crippen LogP contribution in [0, 0.1) is 13.8 Å². The number of thiocarbonyl (C=S) groups is 1. The predicted octanol–water partition coefficient (Wildman–Crippen LogP) is 3.02. The monoisotopic (exact) mass is 405 g/mol. The summed E-state index contributed by atoms with van der Waals surface area (Å²) in [5, 5.41) is 2.54. The van der Waals surface area contributed by atoms with Gasteiger partial charge in [0.25, 0.3) is 11.8 Å². The summed E-state index contributed by atoms with van der Waals surface area (Å²) in [7, 11) is 0. The van der Waals surface area contributed by atoms with E-state index in [-0.39, 0.29) is 16.9 Å². The Morgan fingerprint density at radius 1 is 0.958 bits per heavy atom. The van der Waals surface area contributed by atoms with Crippen LogP contribution in [0.4, 0.5) is 0 Å². The number of benzene rings is 2. The highest BCUT2D eigenvalue weighted by atomic mass is 79.9. The average molecular weight is 406 g/mol. The number of hydrazine groups is 1. The van der Waals surface area contributed by atoms with Gasteiger partial charge in [-0.25, -0.2) is 0 Å². The molecule has 0 fully saturated rings. The summed E-state index contributed by atoms with van der Waals surface area (Å²) >= 11 is 8.40. The van der Waals surface area contributed by atoms with Gasteiger partial charge in [0.2, 0.25) is 0 Å². The Morgan fingerprint density at radius 2 is 1.67 bits per heavy atom. The minimum Gasteiger partial charge on any atom is -0.298 e. The molecule has 0 saturated carbocycles. The first-order valence-corrected chi connectivity index (χ1v) is 8.32. The molecule has 2 amide bonds. The molecule has 2 aromatic rings.